The molecule has 112 valence electrons. The van der Waals surface area contributed by atoms with E-state index in [0.29, 0.717) is 5.52 Å². The van der Waals surface area contributed by atoms with Gasteiger partial charge in [0.05, 0.1) is 16.6 Å². The quantitative estimate of drug-likeness (QED) is 0.791. The number of aromatic amines is 1. The van der Waals surface area contributed by atoms with Crippen LogP contribution in [0.4, 0.5) is 0 Å². The number of carboxylic acid groups (broad SMARTS) is 1. The summed E-state index contributed by atoms with van der Waals surface area (Å²) in [6, 6.07) is 3.67. The Kier molecular flexibility index (Phi) is 4.08. The second kappa shape index (κ2) is 5.65. The Hall–Kier alpha value is -2.22. The van der Waals surface area contributed by atoms with Crippen LogP contribution in [0.1, 0.15) is 23.3 Å². The van der Waals surface area contributed by atoms with E-state index >= 15 is 0 Å². The van der Waals surface area contributed by atoms with Gasteiger partial charge in [0.2, 0.25) is 0 Å². The van der Waals surface area contributed by atoms with Crippen molar-refractivity contribution < 1.29 is 14.1 Å². The minimum Gasteiger partial charge on any atom is -0.478 e. The molecule has 0 bridgehead atoms. The van der Waals surface area contributed by atoms with Gasteiger partial charge in [-0.05, 0) is 25.1 Å². The molecule has 2 unspecified atom stereocenters. The zero-order valence-electron chi connectivity index (χ0n) is 11.5. The fourth-order valence-electron chi connectivity index (χ4n) is 2.23. The first-order valence-corrected chi connectivity index (χ1v) is 7.86. The number of hydrogen-bond donors (Lipinski definition) is 2. The van der Waals surface area contributed by atoms with Gasteiger partial charge in [0, 0.05) is 28.9 Å². The Morgan fingerprint density at radius 2 is 2.10 bits per heavy atom. The lowest BCUT2D eigenvalue weighted by Gasteiger charge is -2.16. The smallest absolute Gasteiger partial charge is 0.335 e. The monoisotopic (exact) mass is 310 g/mol. The van der Waals surface area contributed by atoms with Crippen LogP contribution in [0.15, 0.2) is 27.8 Å². The highest BCUT2D eigenvalue weighted by Crippen LogP contribution is 2.15. The number of aromatic carboxylic acids is 1. The van der Waals surface area contributed by atoms with Gasteiger partial charge in [0.1, 0.15) is 0 Å². The third-order valence-corrected chi connectivity index (χ3v) is 4.03. The van der Waals surface area contributed by atoms with E-state index in [0.717, 1.165) is 0 Å². The number of carbonyl (C=O) groups is 1. The highest BCUT2D eigenvalue weighted by Gasteiger charge is 2.16. The molecule has 0 aliphatic carbocycles. The predicted octanol–water partition coefficient (Wildman–Crippen LogP) is 0.327. The van der Waals surface area contributed by atoms with E-state index in [9.17, 15) is 18.6 Å². The number of rotatable bonds is 4. The SMILES string of the molecule is CC(CS(C)=O)n1c(=O)c(=O)[nH]c2cc(C(=O)O)ccc21. The molecule has 0 fully saturated rings. The highest BCUT2D eigenvalue weighted by atomic mass is 32.2. The average molecular weight is 310 g/mol. The number of benzene rings is 1. The number of carboxylic acids is 1. The average Bonchev–Trinajstić information content (AvgIpc) is 2.38. The molecule has 7 nitrogen and oxygen atoms in total. The third kappa shape index (κ3) is 2.94. The van der Waals surface area contributed by atoms with Gasteiger partial charge in [0.25, 0.3) is 0 Å². The number of aromatic nitrogens is 2. The number of H-pyrrole nitrogens is 1. The third-order valence-electron chi connectivity index (χ3n) is 3.08. The molecule has 0 spiro atoms. The zero-order chi connectivity index (χ0) is 15.7. The summed E-state index contributed by atoms with van der Waals surface area (Å²) in [5.74, 6) is -0.905. The topological polar surface area (TPSA) is 109 Å². The fourth-order valence-corrected chi connectivity index (χ4v) is 3.05. The molecule has 2 N–H and O–H groups in total. The van der Waals surface area contributed by atoms with E-state index in [1.165, 1.54) is 29.0 Å². The molecule has 1 aromatic heterocycles. The van der Waals surface area contributed by atoms with Gasteiger partial charge >= 0.3 is 17.1 Å². The van der Waals surface area contributed by atoms with Crippen LogP contribution < -0.4 is 11.1 Å². The van der Waals surface area contributed by atoms with Crippen LogP contribution in [-0.2, 0) is 10.8 Å². The summed E-state index contributed by atoms with van der Waals surface area (Å²) in [5, 5.41) is 8.96. The number of fused-ring (bicyclic) bond motifs is 1. The van der Waals surface area contributed by atoms with E-state index in [1.807, 2.05) is 0 Å². The van der Waals surface area contributed by atoms with Gasteiger partial charge in [-0.1, -0.05) is 0 Å². The molecule has 0 saturated carbocycles. The van der Waals surface area contributed by atoms with Crippen molar-refractivity contribution in [1.82, 2.24) is 9.55 Å². The Morgan fingerprint density at radius 1 is 1.43 bits per heavy atom. The zero-order valence-corrected chi connectivity index (χ0v) is 12.3. The fraction of sp³-hybridized carbons (Fsp3) is 0.308. The summed E-state index contributed by atoms with van der Waals surface area (Å²) in [6.45, 7) is 1.69. The lowest BCUT2D eigenvalue weighted by atomic mass is 10.2. The van der Waals surface area contributed by atoms with E-state index in [4.69, 9.17) is 5.11 Å². The van der Waals surface area contributed by atoms with Gasteiger partial charge in [-0.25, -0.2) is 4.79 Å². The number of hydrogen-bond acceptors (Lipinski definition) is 4. The maximum absolute atomic E-state index is 12.0. The predicted molar refractivity (Wildman–Crippen MR) is 79.4 cm³/mol. The molecular weight excluding hydrogens is 296 g/mol. The first-order valence-electron chi connectivity index (χ1n) is 6.13. The van der Waals surface area contributed by atoms with Crippen molar-refractivity contribution in [3.05, 3.63) is 44.5 Å². The van der Waals surface area contributed by atoms with Crippen molar-refractivity contribution in [1.29, 1.82) is 0 Å². The molecule has 21 heavy (non-hydrogen) atoms. The van der Waals surface area contributed by atoms with Crippen molar-refractivity contribution in [3.8, 4) is 0 Å². The van der Waals surface area contributed by atoms with Gasteiger partial charge in [0.15, 0.2) is 0 Å². The van der Waals surface area contributed by atoms with Gasteiger partial charge < -0.3 is 10.1 Å². The van der Waals surface area contributed by atoms with E-state index < -0.39 is 33.9 Å². The largest absolute Gasteiger partial charge is 0.478 e. The molecule has 0 saturated heterocycles. The second-order valence-electron chi connectivity index (χ2n) is 4.76. The maximum atomic E-state index is 12.0. The number of nitrogens with one attached hydrogen (secondary N) is 1. The molecule has 1 heterocycles. The summed E-state index contributed by atoms with van der Waals surface area (Å²) >= 11 is 0. The lowest BCUT2D eigenvalue weighted by Crippen LogP contribution is -2.39. The Balaban J connectivity index is 2.77. The van der Waals surface area contributed by atoms with Crippen LogP contribution in [0.5, 0.6) is 0 Å². The normalized spacial score (nSPS) is 14.0. The molecule has 2 atom stereocenters. The number of nitrogens with zero attached hydrogens (tertiary/aromatic N) is 1. The molecule has 8 heteroatoms. The summed E-state index contributed by atoms with van der Waals surface area (Å²) in [7, 11) is -1.13. The van der Waals surface area contributed by atoms with Crippen LogP contribution in [-0.4, -0.2) is 36.8 Å². The molecule has 1 aromatic carbocycles. The van der Waals surface area contributed by atoms with Crippen LogP contribution >= 0.6 is 0 Å². The van der Waals surface area contributed by atoms with Gasteiger partial charge in [-0.2, -0.15) is 0 Å². The van der Waals surface area contributed by atoms with Crippen LogP contribution in [0, 0.1) is 0 Å². The first kappa shape index (κ1) is 15.2. The summed E-state index contributed by atoms with van der Waals surface area (Å²) < 4.78 is 12.6. The molecular formula is C13H14N2O5S. The van der Waals surface area contributed by atoms with Crippen LogP contribution in [0.25, 0.3) is 11.0 Å². The van der Waals surface area contributed by atoms with Crippen molar-refractivity contribution in [2.75, 3.05) is 12.0 Å². The minimum absolute atomic E-state index is 0.00932. The van der Waals surface area contributed by atoms with E-state index in [-0.39, 0.29) is 16.8 Å². The minimum atomic E-state index is -1.13. The van der Waals surface area contributed by atoms with Crippen molar-refractivity contribution >= 4 is 27.8 Å². The maximum Gasteiger partial charge on any atom is 0.335 e. The molecule has 0 aliphatic rings. The highest BCUT2D eigenvalue weighted by molar-refractivity contribution is 7.84. The first-order chi connectivity index (χ1) is 9.81. The van der Waals surface area contributed by atoms with Crippen molar-refractivity contribution in [3.63, 3.8) is 0 Å². The van der Waals surface area contributed by atoms with Crippen LogP contribution in [0.3, 0.4) is 0 Å². The Morgan fingerprint density at radius 3 is 2.67 bits per heavy atom. The summed E-state index contributed by atoms with van der Waals surface area (Å²) in [5.41, 5.74) is -0.909. The molecule has 2 rings (SSSR count). The summed E-state index contributed by atoms with van der Waals surface area (Å²) in [4.78, 5) is 37.1. The van der Waals surface area contributed by atoms with Crippen molar-refractivity contribution in [2.24, 2.45) is 0 Å². The van der Waals surface area contributed by atoms with E-state index in [1.54, 1.807) is 6.92 Å². The van der Waals surface area contributed by atoms with Gasteiger partial charge in [-0.3, -0.25) is 18.4 Å². The molecule has 0 amide bonds. The Bertz CT molecular complexity index is 852. The standard InChI is InChI=1S/C13H14N2O5S/c1-7(6-21(2)20)15-10-4-3-8(13(18)19)5-9(10)14-11(16)12(15)17/h3-5,7H,6H2,1-2H3,(H,14,16)(H,18,19). The van der Waals surface area contributed by atoms with E-state index in [2.05, 4.69) is 4.98 Å². The second-order valence-corrected chi connectivity index (χ2v) is 6.23. The van der Waals surface area contributed by atoms with Crippen LogP contribution in [0.2, 0.25) is 0 Å². The summed E-state index contributed by atoms with van der Waals surface area (Å²) in [6.07, 6.45) is 1.51. The Labute approximate surface area is 121 Å². The van der Waals surface area contributed by atoms with Crippen molar-refractivity contribution in [2.45, 2.75) is 13.0 Å². The lowest BCUT2D eigenvalue weighted by molar-refractivity contribution is 0.0697. The van der Waals surface area contributed by atoms with Gasteiger partial charge in [-0.15, -0.1) is 0 Å². The molecule has 2 aromatic rings. The molecule has 0 radical (unpaired) electrons. The molecule has 0 aliphatic heterocycles.